The molecule has 1 aromatic carbocycles. The molecule has 1 aliphatic rings. The monoisotopic (exact) mass is 324 g/mol. The standard InChI is InChI=1S/C13H15F3N2O2.ClH/c14-13(15,16)9-1-2-11(19)10(7-9)18-12(20)8-3-5-17-6-4-8;/h1-2,7-8,17,19H,3-6H2,(H,18,20);1H. The quantitative estimate of drug-likeness (QED) is 0.733. The van der Waals surface area contributed by atoms with Crippen molar-refractivity contribution in [3.63, 3.8) is 0 Å². The van der Waals surface area contributed by atoms with Gasteiger partial charge in [-0.25, -0.2) is 0 Å². The van der Waals surface area contributed by atoms with Crippen molar-refractivity contribution in [2.24, 2.45) is 5.92 Å². The van der Waals surface area contributed by atoms with Gasteiger partial charge in [0.05, 0.1) is 11.3 Å². The minimum absolute atomic E-state index is 0. The summed E-state index contributed by atoms with van der Waals surface area (Å²) in [5, 5.41) is 15.0. The molecule has 21 heavy (non-hydrogen) atoms. The fourth-order valence-corrected chi connectivity index (χ4v) is 2.13. The van der Waals surface area contributed by atoms with E-state index in [0.29, 0.717) is 25.9 Å². The van der Waals surface area contributed by atoms with Crippen LogP contribution in [0.5, 0.6) is 5.75 Å². The largest absolute Gasteiger partial charge is 0.506 e. The predicted molar refractivity (Wildman–Crippen MR) is 74.6 cm³/mol. The van der Waals surface area contributed by atoms with Gasteiger partial charge in [0, 0.05) is 5.92 Å². The SMILES string of the molecule is Cl.O=C(Nc1cc(C(F)(F)F)ccc1O)C1CCNCC1. The lowest BCUT2D eigenvalue weighted by Gasteiger charge is -2.22. The Morgan fingerprint density at radius 1 is 1.29 bits per heavy atom. The van der Waals surface area contributed by atoms with Gasteiger partial charge in [-0.15, -0.1) is 12.4 Å². The lowest BCUT2D eigenvalue weighted by molar-refractivity contribution is -0.137. The van der Waals surface area contributed by atoms with Crippen LogP contribution in [-0.2, 0) is 11.0 Å². The van der Waals surface area contributed by atoms with Gasteiger partial charge in [-0.2, -0.15) is 13.2 Å². The average molecular weight is 325 g/mol. The average Bonchev–Trinajstić information content (AvgIpc) is 2.41. The summed E-state index contributed by atoms with van der Waals surface area (Å²) in [5.41, 5.74) is -1.11. The van der Waals surface area contributed by atoms with Crippen molar-refractivity contribution in [3.8, 4) is 5.75 Å². The van der Waals surface area contributed by atoms with E-state index in [1.165, 1.54) is 0 Å². The maximum atomic E-state index is 12.6. The van der Waals surface area contributed by atoms with E-state index in [4.69, 9.17) is 0 Å². The van der Waals surface area contributed by atoms with Gasteiger partial charge < -0.3 is 15.7 Å². The summed E-state index contributed by atoms with van der Waals surface area (Å²) >= 11 is 0. The first-order valence-corrected chi connectivity index (χ1v) is 6.29. The highest BCUT2D eigenvalue weighted by molar-refractivity contribution is 5.94. The second-order valence-electron chi connectivity index (χ2n) is 4.74. The van der Waals surface area contributed by atoms with E-state index >= 15 is 0 Å². The molecule has 0 unspecified atom stereocenters. The lowest BCUT2D eigenvalue weighted by atomic mass is 9.97. The van der Waals surface area contributed by atoms with Crippen molar-refractivity contribution in [2.75, 3.05) is 18.4 Å². The van der Waals surface area contributed by atoms with Crippen LogP contribution in [0.1, 0.15) is 18.4 Å². The Morgan fingerprint density at radius 2 is 1.90 bits per heavy atom. The summed E-state index contributed by atoms with van der Waals surface area (Å²) in [4.78, 5) is 11.9. The van der Waals surface area contributed by atoms with Gasteiger partial charge >= 0.3 is 6.18 Å². The number of amides is 1. The van der Waals surface area contributed by atoms with Crippen molar-refractivity contribution in [1.82, 2.24) is 5.32 Å². The zero-order valence-corrected chi connectivity index (χ0v) is 11.9. The highest BCUT2D eigenvalue weighted by Crippen LogP contribution is 2.34. The first-order valence-electron chi connectivity index (χ1n) is 6.29. The summed E-state index contributed by atoms with van der Waals surface area (Å²) in [5.74, 6) is -0.980. The van der Waals surface area contributed by atoms with E-state index in [0.717, 1.165) is 18.2 Å². The molecule has 1 aromatic rings. The van der Waals surface area contributed by atoms with E-state index in [9.17, 15) is 23.1 Å². The number of carbonyl (C=O) groups excluding carboxylic acids is 1. The number of nitrogens with one attached hydrogen (secondary N) is 2. The molecule has 1 aliphatic heterocycles. The zero-order chi connectivity index (χ0) is 14.8. The van der Waals surface area contributed by atoms with Crippen LogP contribution in [-0.4, -0.2) is 24.1 Å². The molecule has 118 valence electrons. The van der Waals surface area contributed by atoms with E-state index in [-0.39, 0.29) is 35.7 Å². The molecule has 0 saturated carbocycles. The number of aromatic hydroxyl groups is 1. The van der Waals surface area contributed by atoms with Gasteiger partial charge in [-0.3, -0.25) is 4.79 Å². The Kier molecular flexibility index (Phi) is 5.86. The minimum atomic E-state index is -4.51. The number of carbonyl (C=O) groups is 1. The Balaban J connectivity index is 0.00000220. The first-order chi connectivity index (χ1) is 9.38. The topological polar surface area (TPSA) is 61.4 Å². The normalized spacial score (nSPS) is 16.1. The Hall–Kier alpha value is -1.47. The van der Waals surface area contributed by atoms with E-state index < -0.39 is 11.7 Å². The Labute approximate surface area is 126 Å². The molecule has 8 heteroatoms. The number of phenolic OH excluding ortho intramolecular Hbond substituents is 1. The summed E-state index contributed by atoms with van der Waals surface area (Å²) in [6.45, 7) is 1.40. The van der Waals surface area contributed by atoms with Gasteiger partial charge in [-0.1, -0.05) is 0 Å². The second-order valence-corrected chi connectivity index (χ2v) is 4.74. The smallest absolute Gasteiger partial charge is 0.416 e. The van der Waals surface area contributed by atoms with E-state index in [2.05, 4.69) is 10.6 Å². The summed E-state index contributed by atoms with van der Waals surface area (Å²) in [7, 11) is 0. The van der Waals surface area contributed by atoms with Crippen molar-refractivity contribution in [1.29, 1.82) is 0 Å². The molecule has 2 rings (SSSR count). The molecule has 3 N–H and O–H groups in total. The van der Waals surface area contributed by atoms with Crippen molar-refractivity contribution in [2.45, 2.75) is 19.0 Å². The maximum absolute atomic E-state index is 12.6. The third-order valence-electron chi connectivity index (χ3n) is 3.29. The number of alkyl halides is 3. The van der Waals surface area contributed by atoms with Crippen LogP contribution in [0.25, 0.3) is 0 Å². The molecular formula is C13H16ClF3N2O2. The van der Waals surface area contributed by atoms with Gasteiger partial charge in [0.1, 0.15) is 5.75 Å². The number of phenols is 1. The van der Waals surface area contributed by atoms with Gasteiger partial charge in [0.15, 0.2) is 0 Å². The highest BCUT2D eigenvalue weighted by atomic mass is 35.5. The highest BCUT2D eigenvalue weighted by Gasteiger charge is 2.31. The van der Waals surface area contributed by atoms with Crippen LogP contribution < -0.4 is 10.6 Å². The summed E-state index contributed by atoms with van der Waals surface area (Å²) in [6, 6.07) is 2.45. The molecule has 0 radical (unpaired) electrons. The second kappa shape index (κ2) is 7.00. The van der Waals surface area contributed by atoms with E-state index in [1.54, 1.807) is 0 Å². The molecule has 1 amide bonds. The predicted octanol–water partition coefficient (Wildman–Crippen LogP) is 2.77. The van der Waals surface area contributed by atoms with Crippen LogP contribution >= 0.6 is 12.4 Å². The molecule has 4 nitrogen and oxygen atoms in total. The number of halogens is 4. The van der Waals surface area contributed by atoms with Gasteiger partial charge in [0.2, 0.25) is 5.91 Å². The summed E-state index contributed by atoms with van der Waals surface area (Å²) in [6.07, 6.45) is -3.25. The molecule has 0 aliphatic carbocycles. The minimum Gasteiger partial charge on any atom is -0.506 e. The van der Waals surface area contributed by atoms with Crippen LogP contribution in [0.2, 0.25) is 0 Å². The first kappa shape index (κ1) is 17.6. The third-order valence-corrected chi connectivity index (χ3v) is 3.29. The number of benzene rings is 1. The Morgan fingerprint density at radius 3 is 2.48 bits per heavy atom. The van der Waals surface area contributed by atoms with Crippen molar-refractivity contribution >= 4 is 24.0 Å². The molecule has 0 atom stereocenters. The number of hydrogen-bond donors (Lipinski definition) is 3. The van der Waals surface area contributed by atoms with Crippen molar-refractivity contribution < 1.29 is 23.1 Å². The number of hydrogen-bond acceptors (Lipinski definition) is 3. The van der Waals surface area contributed by atoms with Crippen LogP contribution in [0.3, 0.4) is 0 Å². The zero-order valence-electron chi connectivity index (χ0n) is 11.0. The summed E-state index contributed by atoms with van der Waals surface area (Å²) < 4.78 is 37.8. The number of rotatable bonds is 2. The Bertz CT molecular complexity index is 503. The molecule has 1 heterocycles. The molecule has 1 saturated heterocycles. The lowest BCUT2D eigenvalue weighted by Crippen LogP contribution is -2.34. The van der Waals surface area contributed by atoms with Crippen molar-refractivity contribution in [3.05, 3.63) is 23.8 Å². The van der Waals surface area contributed by atoms with Crippen LogP contribution in [0, 0.1) is 5.92 Å². The van der Waals surface area contributed by atoms with Gasteiger partial charge in [0.25, 0.3) is 0 Å². The molecule has 0 aromatic heterocycles. The maximum Gasteiger partial charge on any atom is 0.416 e. The molecule has 0 spiro atoms. The number of anilines is 1. The molecule has 1 fully saturated rings. The fraction of sp³-hybridized carbons (Fsp3) is 0.462. The molecular weight excluding hydrogens is 309 g/mol. The van der Waals surface area contributed by atoms with Crippen LogP contribution in [0.4, 0.5) is 18.9 Å². The fourth-order valence-electron chi connectivity index (χ4n) is 2.13. The van der Waals surface area contributed by atoms with Gasteiger partial charge in [-0.05, 0) is 44.1 Å². The van der Waals surface area contributed by atoms with Crippen LogP contribution in [0.15, 0.2) is 18.2 Å². The van der Waals surface area contributed by atoms with E-state index in [1.807, 2.05) is 0 Å². The third kappa shape index (κ3) is 4.50. The number of piperidine rings is 1. The molecule has 0 bridgehead atoms.